The van der Waals surface area contributed by atoms with Crippen molar-refractivity contribution in [3.8, 4) is 27.9 Å². The minimum atomic E-state index is -0.467. The number of para-hydroxylation sites is 2. The van der Waals surface area contributed by atoms with Gasteiger partial charge in [0.2, 0.25) is 0 Å². The van der Waals surface area contributed by atoms with Crippen molar-refractivity contribution in [2.24, 2.45) is 0 Å². The summed E-state index contributed by atoms with van der Waals surface area (Å²) in [4.78, 5) is 5.01. The Morgan fingerprint density at radius 2 is 1.16 bits per heavy atom. The molecule has 1 aliphatic carbocycles. The minimum absolute atomic E-state index is 0.467. The molecule has 0 unspecified atom stereocenters. The van der Waals surface area contributed by atoms with Gasteiger partial charge in [-0.1, -0.05) is 133 Å². The van der Waals surface area contributed by atoms with Crippen LogP contribution in [0.15, 0.2) is 187 Å². The third-order valence-electron chi connectivity index (χ3n) is 10.9. The molecule has 3 heterocycles. The lowest BCUT2D eigenvalue weighted by Gasteiger charge is -2.33. The van der Waals surface area contributed by atoms with Crippen molar-refractivity contribution in [1.82, 2.24) is 9.55 Å². The first-order chi connectivity index (χ1) is 25.3. The van der Waals surface area contributed by atoms with Crippen LogP contribution in [0.25, 0.3) is 71.8 Å². The Balaban J connectivity index is 1.15. The molecular formula is C48H30N2O. The van der Waals surface area contributed by atoms with Crippen LogP contribution in [0.2, 0.25) is 0 Å². The Hall–Kier alpha value is -6.71. The number of benzene rings is 7. The number of rotatable bonds is 4. The summed E-state index contributed by atoms with van der Waals surface area (Å²) in [5.74, 6) is 0. The van der Waals surface area contributed by atoms with Crippen molar-refractivity contribution < 1.29 is 4.42 Å². The summed E-state index contributed by atoms with van der Waals surface area (Å²) in [5, 5.41) is 3.42. The first kappa shape index (κ1) is 28.2. The molecule has 1 aliphatic rings. The van der Waals surface area contributed by atoms with Gasteiger partial charge in [-0.05, 0) is 81.4 Å². The zero-order valence-corrected chi connectivity index (χ0v) is 27.6. The van der Waals surface area contributed by atoms with Crippen molar-refractivity contribution in [3.63, 3.8) is 0 Å². The number of furan rings is 1. The molecule has 0 bridgehead atoms. The van der Waals surface area contributed by atoms with Crippen LogP contribution < -0.4 is 0 Å². The van der Waals surface area contributed by atoms with Crippen molar-refractivity contribution in [1.29, 1.82) is 0 Å². The van der Waals surface area contributed by atoms with E-state index < -0.39 is 5.41 Å². The number of nitrogens with zero attached hydrogens (tertiary/aromatic N) is 2. The average molecular weight is 651 g/mol. The molecule has 10 aromatic rings. The van der Waals surface area contributed by atoms with Crippen LogP contribution in [0.4, 0.5) is 0 Å². The van der Waals surface area contributed by atoms with E-state index in [1.807, 2.05) is 24.4 Å². The Kier molecular flexibility index (Phi) is 5.88. The van der Waals surface area contributed by atoms with Gasteiger partial charge >= 0.3 is 0 Å². The minimum Gasteiger partial charge on any atom is -0.455 e. The lowest BCUT2D eigenvalue weighted by Crippen LogP contribution is -2.28. The molecule has 0 fully saturated rings. The molecule has 0 N–H and O–H groups in total. The van der Waals surface area contributed by atoms with E-state index in [1.165, 1.54) is 33.4 Å². The largest absolute Gasteiger partial charge is 0.455 e. The molecule has 3 heteroatoms. The van der Waals surface area contributed by atoms with E-state index in [1.54, 1.807) is 0 Å². The highest BCUT2D eigenvalue weighted by Crippen LogP contribution is 2.57. The lowest BCUT2D eigenvalue weighted by atomic mass is 9.67. The van der Waals surface area contributed by atoms with Crippen molar-refractivity contribution in [3.05, 3.63) is 204 Å². The Morgan fingerprint density at radius 1 is 0.471 bits per heavy atom. The Labute approximate surface area is 294 Å². The summed E-state index contributed by atoms with van der Waals surface area (Å²) < 4.78 is 8.77. The van der Waals surface area contributed by atoms with Gasteiger partial charge in [-0.3, -0.25) is 4.98 Å². The number of fused-ring (bicyclic) bond motifs is 9. The van der Waals surface area contributed by atoms with E-state index in [0.717, 1.165) is 60.7 Å². The Morgan fingerprint density at radius 3 is 1.96 bits per heavy atom. The number of aromatic nitrogens is 2. The van der Waals surface area contributed by atoms with E-state index in [-0.39, 0.29) is 0 Å². The molecular weight excluding hydrogens is 621 g/mol. The van der Waals surface area contributed by atoms with E-state index >= 15 is 0 Å². The first-order valence-electron chi connectivity index (χ1n) is 17.5. The van der Waals surface area contributed by atoms with E-state index in [9.17, 15) is 0 Å². The maximum Gasteiger partial charge on any atom is 0.143 e. The zero-order valence-electron chi connectivity index (χ0n) is 27.6. The highest BCUT2D eigenvalue weighted by molar-refractivity contribution is 6.11. The third kappa shape index (κ3) is 3.86. The molecule has 0 saturated carbocycles. The predicted molar refractivity (Wildman–Crippen MR) is 209 cm³/mol. The number of hydrogen-bond acceptors (Lipinski definition) is 2. The fourth-order valence-electron chi connectivity index (χ4n) is 8.81. The van der Waals surface area contributed by atoms with E-state index in [0.29, 0.717) is 0 Å². The smallest absolute Gasteiger partial charge is 0.143 e. The normalized spacial score (nSPS) is 13.3. The van der Waals surface area contributed by atoms with Gasteiger partial charge in [0.25, 0.3) is 0 Å². The average Bonchev–Trinajstić information content (AvgIpc) is 3.84. The predicted octanol–water partition coefficient (Wildman–Crippen LogP) is 12.1. The van der Waals surface area contributed by atoms with Gasteiger partial charge in [-0.15, -0.1) is 0 Å². The summed E-state index contributed by atoms with van der Waals surface area (Å²) in [7, 11) is 0. The third-order valence-corrected chi connectivity index (χ3v) is 10.9. The van der Waals surface area contributed by atoms with Crippen molar-refractivity contribution in [2.75, 3.05) is 0 Å². The van der Waals surface area contributed by atoms with Gasteiger partial charge in [0.15, 0.2) is 0 Å². The fraction of sp³-hybridized carbons (Fsp3) is 0.0208. The molecule has 7 aromatic carbocycles. The molecule has 238 valence electrons. The molecule has 0 saturated heterocycles. The summed E-state index contributed by atoms with van der Waals surface area (Å²) in [5.41, 5.74) is 15.5. The summed E-state index contributed by atoms with van der Waals surface area (Å²) >= 11 is 0. The van der Waals surface area contributed by atoms with Crippen LogP contribution in [0.1, 0.15) is 22.3 Å². The van der Waals surface area contributed by atoms with E-state index in [4.69, 9.17) is 9.40 Å². The second kappa shape index (κ2) is 10.6. The van der Waals surface area contributed by atoms with Crippen LogP contribution in [0, 0.1) is 0 Å². The van der Waals surface area contributed by atoms with Crippen LogP contribution in [0.3, 0.4) is 0 Å². The molecule has 0 radical (unpaired) electrons. The van der Waals surface area contributed by atoms with Crippen molar-refractivity contribution >= 4 is 43.9 Å². The molecule has 51 heavy (non-hydrogen) atoms. The zero-order chi connectivity index (χ0) is 33.5. The molecule has 0 aliphatic heterocycles. The summed E-state index contributed by atoms with van der Waals surface area (Å²) in [6, 6.07) is 63.5. The highest BCUT2D eigenvalue weighted by Gasteiger charge is 2.46. The quantitative estimate of drug-likeness (QED) is 0.190. The fourth-order valence-corrected chi connectivity index (χ4v) is 8.81. The van der Waals surface area contributed by atoms with Gasteiger partial charge < -0.3 is 8.98 Å². The summed E-state index contributed by atoms with van der Waals surface area (Å²) in [6.45, 7) is 0. The summed E-state index contributed by atoms with van der Waals surface area (Å²) in [6.07, 6.45) is 1.91. The van der Waals surface area contributed by atoms with Gasteiger partial charge in [0, 0.05) is 33.6 Å². The molecule has 0 atom stereocenters. The van der Waals surface area contributed by atoms with Gasteiger partial charge in [0.05, 0.1) is 22.0 Å². The molecule has 0 spiro atoms. The highest BCUT2D eigenvalue weighted by atomic mass is 16.3. The molecule has 11 rings (SSSR count). The Bertz CT molecular complexity index is 2910. The standard InChI is InChI=1S/C48H30N2O/c1-3-13-32(14-4-1)48(33-15-5-2-6-16-33)41-21-9-7-17-36(41)39-30-44-40(29-42(39)48)46-43(22-12-28-49-46)50(44)34-26-24-31(25-27-34)35-19-11-20-38-37-18-8-10-23-45(37)51-47(35)38/h1-30H. The second-order valence-corrected chi connectivity index (χ2v) is 13.5. The van der Waals surface area contributed by atoms with Crippen LogP contribution in [0.5, 0.6) is 0 Å². The van der Waals surface area contributed by atoms with Gasteiger partial charge in [-0.2, -0.15) is 0 Å². The molecule has 3 aromatic heterocycles. The monoisotopic (exact) mass is 650 g/mol. The van der Waals surface area contributed by atoms with Crippen molar-refractivity contribution in [2.45, 2.75) is 5.41 Å². The maximum absolute atomic E-state index is 6.39. The van der Waals surface area contributed by atoms with E-state index in [2.05, 4.69) is 162 Å². The van der Waals surface area contributed by atoms with Crippen LogP contribution >= 0.6 is 0 Å². The SMILES string of the molecule is c1ccc(C2(c3ccccc3)c3ccccc3-c3cc4c(cc32)c2ncccc2n4-c2ccc(-c3cccc4c3oc3ccccc34)cc2)cc1. The van der Waals surface area contributed by atoms with Gasteiger partial charge in [-0.25, -0.2) is 0 Å². The number of pyridine rings is 1. The molecule has 3 nitrogen and oxygen atoms in total. The topological polar surface area (TPSA) is 31.0 Å². The lowest BCUT2D eigenvalue weighted by molar-refractivity contribution is 0.670. The maximum atomic E-state index is 6.39. The second-order valence-electron chi connectivity index (χ2n) is 13.5. The molecule has 0 amide bonds. The number of hydrogen-bond donors (Lipinski definition) is 0. The van der Waals surface area contributed by atoms with Crippen LogP contribution in [-0.2, 0) is 5.41 Å². The first-order valence-corrected chi connectivity index (χ1v) is 17.5. The van der Waals surface area contributed by atoms with Gasteiger partial charge in [0.1, 0.15) is 11.2 Å². The van der Waals surface area contributed by atoms with Crippen LogP contribution in [-0.4, -0.2) is 9.55 Å².